The van der Waals surface area contributed by atoms with Crippen molar-refractivity contribution in [2.45, 2.75) is 18.9 Å². The lowest BCUT2D eigenvalue weighted by molar-refractivity contribution is -0.918. The number of fused-ring (bicyclic) bond motifs is 1. The standard InChI is InChI=1S/C26H31N3O2/c1-28(2)23-12-9-21(10-13-23)25(29-15-5-6-16-29)18-27-26(30)19-31-24-14-11-20-7-3-4-8-22(20)17-24/h3-4,7-14,17,25H,5-6,15-16,18-19H2,1-2H3,(H,27,30)/p+1/t25-/m0/s1. The summed E-state index contributed by atoms with van der Waals surface area (Å²) in [5.41, 5.74) is 2.46. The molecule has 0 aromatic heterocycles. The molecule has 3 aromatic rings. The second-order valence-electron chi connectivity index (χ2n) is 8.51. The van der Waals surface area contributed by atoms with Crippen LogP contribution in [0.15, 0.2) is 66.7 Å². The summed E-state index contributed by atoms with van der Waals surface area (Å²) in [6.07, 6.45) is 2.50. The lowest BCUT2D eigenvalue weighted by atomic mass is 10.0. The Kier molecular flexibility index (Phi) is 6.73. The maximum Gasteiger partial charge on any atom is 0.258 e. The predicted molar refractivity (Wildman–Crippen MR) is 126 cm³/mol. The average Bonchev–Trinajstić information content (AvgIpc) is 3.32. The SMILES string of the molecule is CN(C)c1ccc([C@H](CNC(=O)COc2ccc3ccccc3c2)[NH+]2CCCC2)cc1. The number of carbonyl (C=O) groups is 1. The van der Waals surface area contributed by atoms with Crippen LogP contribution >= 0.6 is 0 Å². The molecule has 0 spiro atoms. The van der Waals surface area contributed by atoms with Crippen molar-refractivity contribution < 1.29 is 14.4 Å². The molecule has 5 nitrogen and oxygen atoms in total. The van der Waals surface area contributed by atoms with Gasteiger partial charge in [0.15, 0.2) is 6.61 Å². The number of hydrogen-bond donors (Lipinski definition) is 2. The van der Waals surface area contributed by atoms with Crippen molar-refractivity contribution in [2.75, 3.05) is 45.2 Å². The Balaban J connectivity index is 1.36. The Labute approximate surface area is 184 Å². The van der Waals surface area contributed by atoms with Gasteiger partial charge in [0, 0.05) is 38.2 Å². The molecule has 2 N–H and O–H groups in total. The largest absolute Gasteiger partial charge is 0.484 e. The Morgan fingerprint density at radius 2 is 1.71 bits per heavy atom. The fourth-order valence-corrected chi connectivity index (χ4v) is 4.35. The molecule has 1 atom stereocenters. The van der Waals surface area contributed by atoms with Crippen molar-refractivity contribution in [3.05, 3.63) is 72.3 Å². The molecule has 0 saturated carbocycles. The summed E-state index contributed by atoms with van der Waals surface area (Å²) in [5, 5.41) is 5.38. The van der Waals surface area contributed by atoms with E-state index in [4.69, 9.17) is 4.74 Å². The highest BCUT2D eigenvalue weighted by atomic mass is 16.5. The minimum absolute atomic E-state index is 0.0277. The zero-order chi connectivity index (χ0) is 21.6. The van der Waals surface area contributed by atoms with Crippen molar-refractivity contribution in [3.63, 3.8) is 0 Å². The van der Waals surface area contributed by atoms with Crippen LogP contribution in [-0.4, -0.2) is 46.2 Å². The van der Waals surface area contributed by atoms with Gasteiger partial charge in [-0.25, -0.2) is 0 Å². The summed E-state index contributed by atoms with van der Waals surface area (Å²) in [6, 6.07) is 23.0. The van der Waals surface area contributed by atoms with Crippen LogP contribution in [0, 0.1) is 0 Å². The van der Waals surface area contributed by atoms with Gasteiger partial charge < -0.3 is 19.9 Å². The fourth-order valence-electron chi connectivity index (χ4n) is 4.35. The summed E-state index contributed by atoms with van der Waals surface area (Å²) >= 11 is 0. The number of ether oxygens (including phenoxy) is 1. The molecule has 1 aliphatic heterocycles. The number of quaternary nitrogens is 1. The summed E-state index contributed by atoms with van der Waals surface area (Å²) in [5.74, 6) is 0.636. The number of nitrogens with zero attached hydrogens (tertiary/aromatic N) is 1. The van der Waals surface area contributed by atoms with Gasteiger partial charge in [-0.05, 0) is 35.0 Å². The topological polar surface area (TPSA) is 46.0 Å². The quantitative estimate of drug-likeness (QED) is 0.591. The van der Waals surface area contributed by atoms with Crippen molar-refractivity contribution in [1.29, 1.82) is 0 Å². The molecule has 1 saturated heterocycles. The van der Waals surface area contributed by atoms with E-state index in [1.165, 1.54) is 24.1 Å². The van der Waals surface area contributed by atoms with Gasteiger partial charge in [0.2, 0.25) is 0 Å². The van der Waals surface area contributed by atoms with E-state index < -0.39 is 0 Å². The zero-order valence-corrected chi connectivity index (χ0v) is 18.4. The normalized spacial score (nSPS) is 15.0. The first kappa shape index (κ1) is 21.2. The molecule has 1 amide bonds. The number of rotatable bonds is 8. The summed E-state index contributed by atoms with van der Waals surface area (Å²) in [6.45, 7) is 2.96. The van der Waals surface area contributed by atoms with Crippen molar-refractivity contribution in [1.82, 2.24) is 5.32 Å². The molecule has 0 unspecified atom stereocenters. The van der Waals surface area contributed by atoms with E-state index in [0.717, 1.165) is 29.6 Å². The van der Waals surface area contributed by atoms with Crippen molar-refractivity contribution in [3.8, 4) is 5.75 Å². The van der Waals surface area contributed by atoms with Gasteiger partial charge in [0.05, 0.1) is 19.6 Å². The summed E-state index contributed by atoms with van der Waals surface area (Å²) in [4.78, 5) is 16.2. The highest BCUT2D eigenvalue weighted by Crippen LogP contribution is 2.20. The molecule has 4 rings (SSSR count). The van der Waals surface area contributed by atoms with Gasteiger partial charge in [0.1, 0.15) is 11.8 Å². The van der Waals surface area contributed by atoms with E-state index in [2.05, 4.69) is 40.5 Å². The molecular formula is C26H32N3O2+. The van der Waals surface area contributed by atoms with Crippen LogP contribution in [0.2, 0.25) is 0 Å². The molecule has 1 heterocycles. The number of likely N-dealkylation sites (tertiary alicyclic amines) is 1. The molecule has 0 radical (unpaired) electrons. The van der Waals surface area contributed by atoms with E-state index in [9.17, 15) is 4.79 Å². The van der Waals surface area contributed by atoms with Crippen LogP contribution in [0.1, 0.15) is 24.4 Å². The third-order valence-corrected chi connectivity index (χ3v) is 6.14. The Bertz CT molecular complexity index is 1010. The first-order valence-electron chi connectivity index (χ1n) is 11.1. The Morgan fingerprint density at radius 1 is 1.00 bits per heavy atom. The second kappa shape index (κ2) is 9.84. The smallest absolute Gasteiger partial charge is 0.258 e. The van der Waals surface area contributed by atoms with Crippen LogP contribution in [0.5, 0.6) is 5.75 Å². The van der Waals surface area contributed by atoms with Crippen LogP contribution in [-0.2, 0) is 4.79 Å². The van der Waals surface area contributed by atoms with E-state index >= 15 is 0 Å². The zero-order valence-electron chi connectivity index (χ0n) is 18.4. The molecular weight excluding hydrogens is 386 g/mol. The molecule has 162 valence electrons. The Hall–Kier alpha value is -3.05. The number of benzene rings is 3. The first-order chi connectivity index (χ1) is 15.1. The maximum atomic E-state index is 12.5. The van der Waals surface area contributed by atoms with Gasteiger partial charge in [-0.3, -0.25) is 4.79 Å². The number of carbonyl (C=O) groups excluding carboxylic acids is 1. The van der Waals surface area contributed by atoms with Gasteiger partial charge in [-0.1, -0.05) is 42.5 Å². The number of hydrogen-bond acceptors (Lipinski definition) is 3. The minimum atomic E-state index is -0.0818. The van der Waals surface area contributed by atoms with Crippen molar-refractivity contribution in [2.24, 2.45) is 0 Å². The number of anilines is 1. The maximum absolute atomic E-state index is 12.5. The van der Waals surface area contributed by atoms with E-state index in [1.807, 2.05) is 50.5 Å². The lowest BCUT2D eigenvalue weighted by Crippen LogP contribution is -3.11. The first-order valence-corrected chi connectivity index (χ1v) is 11.1. The molecule has 1 aliphatic rings. The second-order valence-corrected chi connectivity index (χ2v) is 8.51. The summed E-state index contributed by atoms with van der Waals surface area (Å²) in [7, 11) is 4.10. The monoisotopic (exact) mass is 418 g/mol. The molecule has 1 fully saturated rings. The van der Waals surface area contributed by atoms with Crippen LogP contribution in [0.3, 0.4) is 0 Å². The third-order valence-electron chi connectivity index (χ3n) is 6.14. The fraction of sp³-hybridized carbons (Fsp3) is 0.346. The Morgan fingerprint density at radius 3 is 2.42 bits per heavy atom. The molecule has 0 bridgehead atoms. The van der Waals surface area contributed by atoms with Gasteiger partial charge in [-0.15, -0.1) is 0 Å². The van der Waals surface area contributed by atoms with E-state index in [0.29, 0.717) is 6.54 Å². The van der Waals surface area contributed by atoms with Crippen LogP contribution < -0.4 is 19.9 Å². The number of amides is 1. The molecule has 5 heteroatoms. The highest BCUT2D eigenvalue weighted by molar-refractivity contribution is 5.84. The minimum Gasteiger partial charge on any atom is -0.484 e. The van der Waals surface area contributed by atoms with Gasteiger partial charge in [0.25, 0.3) is 5.91 Å². The van der Waals surface area contributed by atoms with Crippen LogP contribution in [0.25, 0.3) is 10.8 Å². The highest BCUT2D eigenvalue weighted by Gasteiger charge is 2.27. The van der Waals surface area contributed by atoms with Gasteiger partial charge in [-0.2, -0.15) is 0 Å². The van der Waals surface area contributed by atoms with E-state index in [-0.39, 0.29) is 18.6 Å². The predicted octanol–water partition coefficient (Wildman–Crippen LogP) is 2.82. The van der Waals surface area contributed by atoms with Crippen LogP contribution in [0.4, 0.5) is 5.69 Å². The lowest BCUT2D eigenvalue weighted by Gasteiger charge is -2.26. The average molecular weight is 419 g/mol. The van der Waals surface area contributed by atoms with Crippen molar-refractivity contribution >= 4 is 22.4 Å². The van der Waals surface area contributed by atoms with E-state index in [1.54, 1.807) is 4.90 Å². The molecule has 31 heavy (non-hydrogen) atoms. The molecule has 0 aliphatic carbocycles. The van der Waals surface area contributed by atoms with Gasteiger partial charge >= 0.3 is 0 Å². The number of nitrogens with one attached hydrogen (secondary N) is 2. The third kappa shape index (κ3) is 5.36. The molecule has 3 aromatic carbocycles. The summed E-state index contributed by atoms with van der Waals surface area (Å²) < 4.78 is 5.76.